The molecule has 1 heterocycles. The fraction of sp³-hybridized carbons (Fsp3) is 0.571. The normalized spacial score (nSPS) is 27.5. The van der Waals surface area contributed by atoms with E-state index in [0.717, 1.165) is 30.6 Å². The monoisotopic (exact) mass is 235 g/mol. The van der Waals surface area contributed by atoms with Crippen LogP contribution in [0.25, 0.3) is 0 Å². The van der Waals surface area contributed by atoms with Gasteiger partial charge in [0.25, 0.3) is 0 Å². The summed E-state index contributed by atoms with van der Waals surface area (Å²) in [4.78, 5) is 2.27. The molecule has 0 amide bonds. The number of nitrogens with zero attached hydrogens (tertiary/aromatic N) is 1. The van der Waals surface area contributed by atoms with Crippen molar-refractivity contribution in [1.82, 2.24) is 0 Å². The van der Waals surface area contributed by atoms with Crippen LogP contribution in [-0.4, -0.2) is 18.2 Å². The van der Waals surface area contributed by atoms with Crippen molar-refractivity contribution < 1.29 is 9.50 Å². The van der Waals surface area contributed by atoms with Crippen LogP contribution in [0, 0.1) is 17.7 Å². The van der Waals surface area contributed by atoms with Gasteiger partial charge in [-0.3, -0.25) is 0 Å². The Hall–Kier alpha value is -1.09. The molecule has 1 aromatic rings. The Morgan fingerprint density at radius 2 is 1.88 bits per heavy atom. The number of fused-ring (bicyclic) bond motifs is 1. The molecule has 0 spiro atoms. The van der Waals surface area contributed by atoms with E-state index in [9.17, 15) is 4.39 Å². The molecule has 1 saturated heterocycles. The zero-order chi connectivity index (χ0) is 11.8. The van der Waals surface area contributed by atoms with Gasteiger partial charge in [0, 0.05) is 18.8 Å². The molecular formula is C14H18FNO. The lowest BCUT2D eigenvalue weighted by Crippen LogP contribution is -2.21. The van der Waals surface area contributed by atoms with Gasteiger partial charge in [-0.1, -0.05) is 6.42 Å². The highest BCUT2D eigenvalue weighted by Gasteiger charge is 2.36. The number of rotatable bonds is 2. The van der Waals surface area contributed by atoms with Crippen molar-refractivity contribution in [3.8, 4) is 0 Å². The number of aliphatic hydroxyl groups is 1. The molecule has 2 fully saturated rings. The molecule has 1 saturated carbocycles. The van der Waals surface area contributed by atoms with Gasteiger partial charge in [0.15, 0.2) is 0 Å². The summed E-state index contributed by atoms with van der Waals surface area (Å²) in [6.07, 6.45) is 4.00. The molecule has 1 aliphatic heterocycles. The number of halogens is 1. The molecule has 0 radical (unpaired) electrons. The number of anilines is 1. The first-order valence-corrected chi connectivity index (χ1v) is 6.41. The molecule has 1 aliphatic carbocycles. The molecule has 3 rings (SSSR count). The predicted molar refractivity (Wildman–Crippen MR) is 65.4 cm³/mol. The summed E-state index contributed by atoms with van der Waals surface area (Å²) in [6, 6.07) is 4.89. The SMILES string of the molecule is OCc1cc(F)cc(N2CC3CCCC3C2)c1. The maximum absolute atomic E-state index is 13.4. The van der Waals surface area contributed by atoms with E-state index in [1.54, 1.807) is 6.07 Å². The van der Waals surface area contributed by atoms with E-state index < -0.39 is 0 Å². The fourth-order valence-electron chi connectivity index (χ4n) is 3.35. The average molecular weight is 235 g/mol. The standard InChI is InChI=1S/C14H18FNO/c15-13-4-10(9-17)5-14(6-13)16-7-11-2-1-3-12(11)8-16/h4-6,11-12,17H,1-3,7-9H2. The number of benzene rings is 1. The zero-order valence-corrected chi connectivity index (χ0v) is 9.90. The highest BCUT2D eigenvalue weighted by molar-refractivity contribution is 5.50. The average Bonchev–Trinajstić information content (AvgIpc) is 2.88. The van der Waals surface area contributed by atoms with E-state index in [1.807, 2.05) is 6.07 Å². The molecule has 2 atom stereocenters. The Morgan fingerprint density at radius 3 is 2.53 bits per heavy atom. The van der Waals surface area contributed by atoms with Gasteiger partial charge < -0.3 is 10.0 Å². The van der Waals surface area contributed by atoms with E-state index in [2.05, 4.69) is 4.90 Å². The Labute approximate surface area is 101 Å². The first-order chi connectivity index (χ1) is 8.26. The highest BCUT2D eigenvalue weighted by Crippen LogP contribution is 2.39. The van der Waals surface area contributed by atoms with E-state index in [4.69, 9.17) is 5.11 Å². The van der Waals surface area contributed by atoms with Gasteiger partial charge >= 0.3 is 0 Å². The molecule has 17 heavy (non-hydrogen) atoms. The van der Waals surface area contributed by atoms with Crippen molar-refractivity contribution in [2.75, 3.05) is 18.0 Å². The second kappa shape index (κ2) is 4.30. The van der Waals surface area contributed by atoms with Crippen LogP contribution in [0.4, 0.5) is 10.1 Å². The second-order valence-electron chi connectivity index (χ2n) is 5.33. The quantitative estimate of drug-likeness (QED) is 0.851. The minimum Gasteiger partial charge on any atom is -0.392 e. The number of aliphatic hydroxyl groups excluding tert-OH is 1. The highest BCUT2D eigenvalue weighted by atomic mass is 19.1. The third-order valence-corrected chi connectivity index (χ3v) is 4.22. The van der Waals surface area contributed by atoms with Crippen molar-refractivity contribution in [3.63, 3.8) is 0 Å². The van der Waals surface area contributed by atoms with E-state index >= 15 is 0 Å². The van der Waals surface area contributed by atoms with Crippen LogP contribution in [0.2, 0.25) is 0 Å². The van der Waals surface area contributed by atoms with E-state index in [0.29, 0.717) is 5.56 Å². The van der Waals surface area contributed by atoms with Gasteiger partial charge in [0.05, 0.1) is 6.61 Å². The topological polar surface area (TPSA) is 23.5 Å². The van der Waals surface area contributed by atoms with Crippen LogP contribution in [0.1, 0.15) is 24.8 Å². The van der Waals surface area contributed by atoms with Crippen molar-refractivity contribution in [2.24, 2.45) is 11.8 Å². The first-order valence-electron chi connectivity index (χ1n) is 6.41. The smallest absolute Gasteiger partial charge is 0.125 e. The Kier molecular flexibility index (Phi) is 2.79. The molecule has 92 valence electrons. The first kappa shape index (κ1) is 11.0. The zero-order valence-electron chi connectivity index (χ0n) is 9.90. The molecule has 2 nitrogen and oxygen atoms in total. The van der Waals surface area contributed by atoms with Gasteiger partial charge in [0.2, 0.25) is 0 Å². The fourth-order valence-corrected chi connectivity index (χ4v) is 3.35. The molecule has 1 aromatic carbocycles. The lowest BCUT2D eigenvalue weighted by atomic mass is 10.0. The molecule has 0 bridgehead atoms. The second-order valence-corrected chi connectivity index (χ2v) is 5.33. The maximum atomic E-state index is 13.4. The summed E-state index contributed by atoms with van der Waals surface area (Å²) in [6.45, 7) is 2.02. The molecular weight excluding hydrogens is 217 g/mol. The maximum Gasteiger partial charge on any atom is 0.125 e. The summed E-state index contributed by atoms with van der Waals surface area (Å²) in [5.41, 5.74) is 1.60. The Balaban J connectivity index is 1.82. The van der Waals surface area contributed by atoms with Crippen molar-refractivity contribution >= 4 is 5.69 Å². The third kappa shape index (κ3) is 2.04. The van der Waals surface area contributed by atoms with Gasteiger partial charge in [-0.2, -0.15) is 0 Å². The van der Waals surface area contributed by atoms with Crippen molar-refractivity contribution in [2.45, 2.75) is 25.9 Å². The van der Waals surface area contributed by atoms with Gasteiger partial charge in [-0.25, -0.2) is 4.39 Å². The number of hydrogen-bond donors (Lipinski definition) is 1. The lowest BCUT2D eigenvalue weighted by Gasteiger charge is -2.20. The third-order valence-electron chi connectivity index (χ3n) is 4.22. The summed E-state index contributed by atoms with van der Waals surface area (Å²) in [7, 11) is 0. The number of hydrogen-bond acceptors (Lipinski definition) is 2. The van der Waals surface area contributed by atoms with Crippen LogP contribution in [0.15, 0.2) is 18.2 Å². The summed E-state index contributed by atoms with van der Waals surface area (Å²) >= 11 is 0. The van der Waals surface area contributed by atoms with Crippen LogP contribution in [-0.2, 0) is 6.61 Å². The van der Waals surface area contributed by atoms with Crippen LogP contribution < -0.4 is 4.90 Å². The summed E-state index contributed by atoms with van der Waals surface area (Å²) in [5.74, 6) is 1.36. The van der Waals surface area contributed by atoms with Crippen molar-refractivity contribution in [1.29, 1.82) is 0 Å². The van der Waals surface area contributed by atoms with Gasteiger partial charge in [0.1, 0.15) is 5.82 Å². The molecule has 3 heteroatoms. The Bertz CT molecular complexity index is 409. The minimum absolute atomic E-state index is 0.0918. The van der Waals surface area contributed by atoms with Crippen LogP contribution in [0.3, 0.4) is 0 Å². The van der Waals surface area contributed by atoms with Gasteiger partial charge in [-0.15, -0.1) is 0 Å². The molecule has 2 aliphatic rings. The van der Waals surface area contributed by atoms with Crippen LogP contribution in [0.5, 0.6) is 0 Å². The van der Waals surface area contributed by atoms with Crippen LogP contribution >= 0.6 is 0 Å². The molecule has 2 unspecified atom stereocenters. The minimum atomic E-state index is -0.247. The summed E-state index contributed by atoms with van der Waals surface area (Å²) in [5, 5.41) is 9.11. The van der Waals surface area contributed by atoms with Crippen molar-refractivity contribution in [3.05, 3.63) is 29.6 Å². The lowest BCUT2D eigenvalue weighted by molar-refractivity contribution is 0.281. The largest absolute Gasteiger partial charge is 0.392 e. The van der Waals surface area contributed by atoms with E-state index in [1.165, 1.54) is 25.3 Å². The molecule has 1 N–H and O–H groups in total. The summed E-state index contributed by atoms with van der Waals surface area (Å²) < 4.78 is 13.4. The van der Waals surface area contributed by atoms with E-state index in [-0.39, 0.29) is 12.4 Å². The Morgan fingerprint density at radius 1 is 1.18 bits per heavy atom. The van der Waals surface area contributed by atoms with Gasteiger partial charge in [-0.05, 0) is 48.4 Å². The predicted octanol–water partition coefficient (Wildman–Crippen LogP) is 2.55. The molecule has 0 aromatic heterocycles.